The molecule has 240 valence electrons. The summed E-state index contributed by atoms with van der Waals surface area (Å²) in [7, 11) is 0. The lowest BCUT2D eigenvalue weighted by atomic mass is 9.88. The SMILES string of the molecule is O=C(O)CN(CC(=O)O)Cc1c2oc3c(CN(CC(=O)O)CC(=O)O)c(OI)ccc3c(-c3ccccc3C(=O)O)c-2ccc1=O. The van der Waals surface area contributed by atoms with Crippen molar-refractivity contribution in [2.45, 2.75) is 13.1 Å². The maximum absolute atomic E-state index is 13.3. The Morgan fingerprint density at radius 3 is 1.76 bits per heavy atom. The summed E-state index contributed by atoms with van der Waals surface area (Å²) in [6, 6.07) is 11.7. The molecule has 0 fully saturated rings. The number of carboxylic acids is 5. The summed E-state index contributed by atoms with van der Waals surface area (Å²) in [4.78, 5) is 73.9. The van der Waals surface area contributed by atoms with Crippen LogP contribution in [0.3, 0.4) is 0 Å². The van der Waals surface area contributed by atoms with Crippen molar-refractivity contribution >= 4 is 63.8 Å². The highest BCUT2D eigenvalue weighted by Gasteiger charge is 2.29. The van der Waals surface area contributed by atoms with Gasteiger partial charge in [0.25, 0.3) is 0 Å². The van der Waals surface area contributed by atoms with Crippen LogP contribution in [-0.2, 0) is 32.3 Å². The van der Waals surface area contributed by atoms with Crippen molar-refractivity contribution in [1.82, 2.24) is 9.80 Å². The van der Waals surface area contributed by atoms with Crippen molar-refractivity contribution in [2.24, 2.45) is 0 Å². The first kappa shape index (κ1) is 33.8. The molecule has 0 saturated carbocycles. The van der Waals surface area contributed by atoms with E-state index in [4.69, 9.17) is 7.48 Å². The van der Waals surface area contributed by atoms with Gasteiger partial charge >= 0.3 is 29.8 Å². The van der Waals surface area contributed by atoms with Crippen LogP contribution < -0.4 is 8.50 Å². The highest BCUT2D eigenvalue weighted by atomic mass is 127. The predicted octanol–water partition coefficient (Wildman–Crippen LogP) is 2.93. The summed E-state index contributed by atoms with van der Waals surface area (Å²) in [5.74, 6) is -6.57. The Hall–Kier alpha value is -5.07. The molecule has 16 heteroatoms. The maximum atomic E-state index is 13.3. The maximum Gasteiger partial charge on any atom is 0.336 e. The van der Waals surface area contributed by atoms with Crippen LogP contribution in [0.1, 0.15) is 21.5 Å². The van der Waals surface area contributed by atoms with Gasteiger partial charge in [-0.15, -0.1) is 0 Å². The van der Waals surface area contributed by atoms with Gasteiger partial charge < -0.3 is 33.0 Å². The van der Waals surface area contributed by atoms with Crippen LogP contribution in [0.5, 0.6) is 5.75 Å². The Bertz CT molecular complexity index is 1850. The van der Waals surface area contributed by atoms with Crippen LogP contribution >= 0.6 is 23.0 Å². The standard InChI is InChI=1S/C30H25IN2O13/c31-46-22-8-6-18-27(15-3-1-2-4-16(15)30(43)44)17-5-7-21(34)19(9-32(11-23(35)36)12-24(37)38)28(17)45-29(18)20(22)10-33(13-25(39)40)14-26(41)42/h1-8H,9-14H2,(H,35,36)(H,37,38)(H,39,40)(H,41,42)(H,43,44). The molecule has 2 aromatic carbocycles. The predicted molar refractivity (Wildman–Crippen MR) is 167 cm³/mol. The Labute approximate surface area is 272 Å². The van der Waals surface area contributed by atoms with Crippen LogP contribution in [0.2, 0.25) is 0 Å². The fourth-order valence-corrected chi connectivity index (χ4v) is 5.60. The second kappa shape index (κ2) is 14.4. The van der Waals surface area contributed by atoms with Gasteiger partial charge in [0.15, 0.2) is 28.4 Å². The number of carbonyl (C=O) groups is 5. The lowest BCUT2D eigenvalue weighted by Gasteiger charge is -2.24. The summed E-state index contributed by atoms with van der Waals surface area (Å²) >= 11 is 1.57. The van der Waals surface area contributed by atoms with Crippen molar-refractivity contribution in [2.75, 3.05) is 26.2 Å². The number of aliphatic carboxylic acids is 4. The molecule has 0 spiro atoms. The average Bonchev–Trinajstić information content (AvgIpc) is 2.96. The fourth-order valence-electron chi connectivity index (χ4n) is 5.19. The molecule has 5 N–H and O–H groups in total. The van der Waals surface area contributed by atoms with Crippen molar-refractivity contribution < 1.29 is 57.0 Å². The van der Waals surface area contributed by atoms with E-state index in [1.807, 2.05) is 0 Å². The van der Waals surface area contributed by atoms with E-state index < -0.39 is 68.0 Å². The highest BCUT2D eigenvalue weighted by Crippen LogP contribution is 2.45. The lowest BCUT2D eigenvalue weighted by molar-refractivity contribution is -0.144. The summed E-state index contributed by atoms with van der Waals surface area (Å²) < 4.78 is 11.8. The number of rotatable bonds is 15. The van der Waals surface area contributed by atoms with Crippen LogP contribution in [-0.4, -0.2) is 91.4 Å². The Morgan fingerprint density at radius 1 is 0.696 bits per heavy atom. The Kier molecular flexibility index (Phi) is 10.6. The first-order valence-corrected chi connectivity index (χ1v) is 14.2. The first-order valence-electron chi connectivity index (χ1n) is 13.3. The molecule has 0 saturated heterocycles. The molecule has 0 radical (unpaired) electrons. The molecular formula is C30H25IN2O13. The second-order valence-corrected chi connectivity index (χ2v) is 10.5. The van der Waals surface area contributed by atoms with Crippen molar-refractivity contribution in [1.29, 1.82) is 0 Å². The summed E-state index contributed by atoms with van der Waals surface area (Å²) in [6.07, 6.45) is 0. The van der Waals surface area contributed by atoms with Gasteiger partial charge in [-0.25, -0.2) is 4.79 Å². The van der Waals surface area contributed by atoms with E-state index in [1.54, 1.807) is 35.1 Å². The lowest BCUT2D eigenvalue weighted by Crippen LogP contribution is -2.35. The van der Waals surface area contributed by atoms with E-state index in [1.165, 1.54) is 36.4 Å². The van der Waals surface area contributed by atoms with Gasteiger partial charge in [0, 0.05) is 29.6 Å². The number of aromatic carboxylic acids is 1. The normalized spacial score (nSPS) is 11.3. The quantitative estimate of drug-likeness (QED) is 0.0869. The van der Waals surface area contributed by atoms with Gasteiger partial charge in [-0.05, 0) is 35.9 Å². The Balaban J connectivity index is 2.13. The molecule has 2 aromatic rings. The molecule has 0 unspecified atom stereocenters. The minimum Gasteiger partial charge on any atom is -0.480 e. The van der Waals surface area contributed by atoms with Crippen LogP contribution in [0, 0.1) is 0 Å². The number of nitrogens with zero attached hydrogens (tertiary/aromatic N) is 2. The van der Waals surface area contributed by atoms with Gasteiger partial charge in [-0.1, -0.05) is 18.2 Å². The van der Waals surface area contributed by atoms with Crippen molar-refractivity contribution in [3.8, 4) is 28.2 Å². The zero-order valence-electron chi connectivity index (χ0n) is 23.6. The summed E-state index contributed by atoms with van der Waals surface area (Å²) in [6.45, 7) is -3.64. The summed E-state index contributed by atoms with van der Waals surface area (Å²) in [5, 5.41) is 48.0. The summed E-state index contributed by atoms with van der Waals surface area (Å²) in [5.41, 5.74) is 0.0156. The van der Waals surface area contributed by atoms with Crippen LogP contribution in [0.4, 0.5) is 0 Å². The van der Waals surface area contributed by atoms with Gasteiger partial charge in [0.1, 0.15) is 17.1 Å². The second-order valence-electron chi connectivity index (χ2n) is 10.1. The first-order chi connectivity index (χ1) is 21.8. The van der Waals surface area contributed by atoms with E-state index in [0.29, 0.717) is 5.39 Å². The van der Waals surface area contributed by atoms with Gasteiger partial charge in [-0.2, -0.15) is 0 Å². The minimum absolute atomic E-state index is 0.00694. The highest BCUT2D eigenvalue weighted by molar-refractivity contribution is 14.1. The molecular weight excluding hydrogens is 723 g/mol. The number of halogens is 1. The van der Waals surface area contributed by atoms with E-state index in [0.717, 1.165) is 9.80 Å². The van der Waals surface area contributed by atoms with Crippen LogP contribution in [0.25, 0.3) is 33.4 Å². The van der Waals surface area contributed by atoms with E-state index in [2.05, 4.69) is 0 Å². The molecule has 0 aromatic heterocycles. The average molecular weight is 748 g/mol. The number of hydrogen-bond acceptors (Lipinski definition) is 10. The number of benzene rings is 3. The number of hydrogen-bond donors (Lipinski definition) is 5. The monoisotopic (exact) mass is 748 g/mol. The molecule has 1 aliphatic carbocycles. The van der Waals surface area contributed by atoms with Crippen LogP contribution in [0.15, 0.2) is 57.7 Å². The van der Waals surface area contributed by atoms with Gasteiger partial charge in [0.05, 0.1) is 42.9 Å². The zero-order chi connectivity index (χ0) is 33.7. The smallest absolute Gasteiger partial charge is 0.336 e. The molecule has 0 atom stereocenters. The zero-order valence-corrected chi connectivity index (χ0v) is 25.8. The van der Waals surface area contributed by atoms with Gasteiger partial charge in [-0.3, -0.25) is 33.8 Å². The van der Waals surface area contributed by atoms with E-state index >= 15 is 0 Å². The third-order valence-electron chi connectivity index (χ3n) is 6.89. The Morgan fingerprint density at radius 2 is 1.24 bits per heavy atom. The van der Waals surface area contributed by atoms with Crippen molar-refractivity contribution in [3.63, 3.8) is 0 Å². The largest absolute Gasteiger partial charge is 0.480 e. The molecule has 0 bridgehead atoms. The molecule has 15 nitrogen and oxygen atoms in total. The fraction of sp³-hybridized carbons (Fsp3) is 0.200. The number of fused-ring (bicyclic) bond motifs is 2. The minimum atomic E-state index is -1.35. The van der Waals surface area contributed by atoms with E-state index in [-0.39, 0.29) is 57.0 Å². The van der Waals surface area contributed by atoms with Crippen molar-refractivity contribution in [3.05, 3.63) is 75.4 Å². The van der Waals surface area contributed by atoms with Gasteiger partial charge in [0.2, 0.25) is 0 Å². The topological polar surface area (TPSA) is 232 Å². The van der Waals surface area contributed by atoms with E-state index in [9.17, 15) is 54.3 Å². The molecule has 4 rings (SSSR count). The third kappa shape index (κ3) is 7.59. The molecule has 1 aliphatic heterocycles. The third-order valence-corrected chi connectivity index (χ3v) is 7.36. The molecule has 1 heterocycles. The number of carboxylic acid groups (broad SMARTS) is 5. The molecule has 0 amide bonds. The molecule has 2 aliphatic rings. The molecule has 46 heavy (non-hydrogen) atoms.